The van der Waals surface area contributed by atoms with Gasteiger partial charge in [-0.05, 0) is 11.1 Å². The second-order valence-corrected chi connectivity index (χ2v) is 7.93. The molecule has 128 valence electrons. The lowest BCUT2D eigenvalue weighted by atomic mass is 10.2. The fourth-order valence-corrected chi connectivity index (χ4v) is 4.26. The molecule has 1 atom stereocenters. The number of hydrogen-bond donors (Lipinski definition) is 0. The van der Waals surface area contributed by atoms with Crippen molar-refractivity contribution in [2.45, 2.75) is 13.0 Å². The molecule has 0 spiro atoms. The highest BCUT2D eigenvalue weighted by Gasteiger charge is 2.47. The van der Waals surface area contributed by atoms with Gasteiger partial charge >= 0.3 is 19.0 Å². The minimum absolute atomic E-state index is 0.00791. The number of aliphatic imine (C=N–C) groups is 1. The van der Waals surface area contributed by atoms with Gasteiger partial charge in [0.05, 0.1) is 6.54 Å². The lowest BCUT2D eigenvalue weighted by Crippen LogP contribution is -2.39. The molecule has 2 aromatic carbocycles. The van der Waals surface area contributed by atoms with Crippen LogP contribution in [0.5, 0.6) is 0 Å². The van der Waals surface area contributed by atoms with E-state index in [-0.39, 0.29) is 18.4 Å². The van der Waals surface area contributed by atoms with Crippen molar-refractivity contribution in [3.8, 4) is 0 Å². The molecule has 25 heavy (non-hydrogen) atoms. The standard InChI is InChI=1S/C18H17N2O4P/c1-24-25(23)16(12-14-8-4-2-5-9-14)19-17(21)20(18(25)22)13-15-10-6-3-7-11-15/h2-11H,12-13H2,1H3. The Morgan fingerprint density at radius 2 is 1.52 bits per heavy atom. The first-order valence-electron chi connectivity index (χ1n) is 7.72. The highest BCUT2D eigenvalue weighted by molar-refractivity contribution is 7.91. The Bertz CT molecular complexity index is 865. The number of urea groups is 1. The van der Waals surface area contributed by atoms with Crippen LogP contribution in [0, 0.1) is 0 Å². The van der Waals surface area contributed by atoms with Crippen molar-refractivity contribution < 1.29 is 18.7 Å². The third kappa shape index (κ3) is 3.45. The van der Waals surface area contributed by atoms with E-state index in [9.17, 15) is 14.2 Å². The number of hydrogen-bond acceptors (Lipinski definition) is 4. The molecule has 6 nitrogen and oxygen atoms in total. The maximum Gasteiger partial charge on any atom is 0.351 e. The zero-order chi connectivity index (χ0) is 17.9. The fraction of sp³-hybridized carbons (Fsp3) is 0.167. The highest BCUT2D eigenvalue weighted by atomic mass is 31.2. The van der Waals surface area contributed by atoms with E-state index in [0.29, 0.717) is 0 Å². The summed E-state index contributed by atoms with van der Waals surface area (Å²) >= 11 is 0. The van der Waals surface area contributed by atoms with Crippen molar-refractivity contribution in [3.63, 3.8) is 0 Å². The first-order valence-corrected chi connectivity index (χ1v) is 9.35. The van der Waals surface area contributed by atoms with Crippen LogP contribution in [-0.2, 0) is 22.1 Å². The van der Waals surface area contributed by atoms with Crippen LogP contribution in [0.2, 0.25) is 0 Å². The molecular formula is C18H17N2O4P. The van der Waals surface area contributed by atoms with E-state index in [2.05, 4.69) is 4.99 Å². The molecule has 0 saturated carbocycles. The lowest BCUT2D eigenvalue weighted by molar-refractivity contribution is 0.199. The Labute approximate surface area is 145 Å². The van der Waals surface area contributed by atoms with Crippen molar-refractivity contribution in [2.75, 3.05) is 7.11 Å². The molecule has 0 fully saturated rings. The predicted octanol–water partition coefficient (Wildman–Crippen LogP) is 4.31. The monoisotopic (exact) mass is 356 g/mol. The summed E-state index contributed by atoms with van der Waals surface area (Å²) in [6.45, 7) is 0.00791. The van der Waals surface area contributed by atoms with Crippen molar-refractivity contribution in [1.29, 1.82) is 0 Å². The predicted molar refractivity (Wildman–Crippen MR) is 95.0 cm³/mol. The molecule has 2 aromatic rings. The lowest BCUT2D eigenvalue weighted by Gasteiger charge is -2.28. The van der Waals surface area contributed by atoms with E-state index in [1.54, 1.807) is 24.3 Å². The van der Waals surface area contributed by atoms with Gasteiger partial charge in [-0.3, -0.25) is 9.36 Å². The fourth-order valence-electron chi connectivity index (χ4n) is 2.59. The molecule has 1 unspecified atom stereocenters. The Kier molecular flexibility index (Phi) is 4.93. The average Bonchev–Trinajstić information content (AvgIpc) is 2.65. The number of benzene rings is 2. The van der Waals surface area contributed by atoms with Gasteiger partial charge in [0, 0.05) is 13.5 Å². The number of carbonyl (C=O) groups is 2. The van der Waals surface area contributed by atoms with Gasteiger partial charge in [-0.15, -0.1) is 0 Å². The van der Waals surface area contributed by atoms with E-state index < -0.39 is 19.0 Å². The van der Waals surface area contributed by atoms with Crippen molar-refractivity contribution in [1.82, 2.24) is 4.90 Å². The number of rotatable bonds is 5. The first-order chi connectivity index (χ1) is 12.0. The summed E-state index contributed by atoms with van der Waals surface area (Å²) in [5.74, 6) is 0. The van der Waals surface area contributed by atoms with Gasteiger partial charge < -0.3 is 4.52 Å². The summed E-state index contributed by atoms with van der Waals surface area (Å²) in [7, 11) is -2.67. The van der Waals surface area contributed by atoms with Crippen LogP contribution in [-0.4, -0.2) is 29.1 Å². The van der Waals surface area contributed by atoms with Crippen molar-refractivity contribution in [3.05, 3.63) is 71.8 Å². The van der Waals surface area contributed by atoms with E-state index in [4.69, 9.17) is 4.52 Å². The SMILES string of the molecule is COP1(=O)C(=O)N(Cc2ccccc2)C(=O)N=C1Cc1ccccc1. The Morgan fingerprint density at radius 1 is 0.960 bits per heavy atom. The minimum Gasteiger partial charge on any atom is -0.321 e. The average molecular weight is 356 g/mol. The number of carbonyl (C=O) groups excluding carboxylic acids is 2. The van der Waals surface area contributed by atoms with Gasteiger partial charge in [-0.1, -0.05) is 60.7 Å². The van der Waals surface area contributed by atoms with E-state index in [0.717, 1.165) is 16.0 Å². The number of amides is 3. The van der Waals surface area contributed by atoms with Crippen molar-refractivity contribution in [2.24, 2.45) is 4.99 Å². The number of nitrogens with zero attached hydrogens (tertiary/aromatic N) is 2. The molecule has 0 radical (unpaired) electrons. The summed E-state index contributed by atoms with van der Waals surface area (Å²) in [4.78, 5) is 29.9. The topological polar surface area (TPSA) is 76.0 Å². The number of imide groups is 1. The molecule has 0 aromatic heterocycles. The summed E-state index contributed by atoms with van der Waals surface area (Å²) in [5.41, 5.74) is 0.703. The largest absolute Gasteiger partial charge is 0.351 e. The molecule has 7 heteroatoms. The molecule has 3 amide bonds. The summed E-state index contributed by atoms with van der Waals surface area (Å²) < 4.78 is 18.2. The Balaban J connectivity index is 1.93. The molecule has 1 aliphatic heterocycles. The maximum atomic E-state index is 13.1. The normalized spacial score (nSPS) is 20.5. The highest BCUT2D eigenvalue weighted by Crippen LogP contribution is 2.53. The van der Waals surface area contributed by atoms with Crippen LogP contribution in [0.3, 0.4) is 0 Å². The summed E-state index contributed by atoms with van der Waals surface area (Å²) in [6, 6.07) is 17.4. The molecule has 0 saturated heterocycles. The smallest absolute Gasteiger partial charge is 0.321 e. The molecule has 0 aliphatic carbocycles. The Hall–Kier alpha value is -2.56. The second-order valence-electron chi connectivity index (χ2n) is 5.56. The van der Waals surface area contributed by atoms with Gasteiger partial charge in [0.2, 0.25) is 0 Å². The quantitative estimate of drug-likeness (QED) is 0.748. The summed E-state index contributed by atoms with van der Waals surface area (Å²) in [5, 5.41) is 0. The molecule has 0 bridgehead atoms. The van der Waals surface area contributed by atoms with Gasteiger partial charge in [0.1, 0.15) is 5.45 Å². The first kappa shape index (κ1) is 17.3. The molecular weight excluding hydrogens is 339 g/mol. The zero-order valence-corrected chi connectivity index (χ0v) is 14.6. The van der Waals surface area contributed by atoms with Crippen LogP contribution in [0.4, 0.5) is 9.59 Å². The molecule has 3 rings (SSSR count). The zero-order valence-electron chi connectivity index (χ0n) is 13.7. The van der Waals surface area contributed by atoms with Gasteiger partial charge in [-0.2, -0.15) is 4.99 Å². The Morgan fingerprint density at radius 3 is 2.08 bits per heavy atom. The van der Waals surface area contributed by atoms with Gasteiger partial charge in [0.15, 0.2) is 0 Å². The van der Waals surface area contributed by atoms with Crippen LogP contribution in [0.1, 0.15) is 11.1 Å². The second kappa shape index (κ2) is 7.13. The van der Waals surface area contributed by atoms with Gasteiger partial charge in [-0.25, -0.2) is 9.69 Å². The van der Waals surface area contributed by atoms with Crippen molar-refractivity contribution >= 4 is 24.5 Å². The molecule has 0 N–H and O–H groups in total. The van der Waals surface area contributed by atoms with E-state index in [1.165, 1.54) is 7.11 Å². The molecule has 1 aliphatic rings. The summed E-state index contributed by atoms with van der Waals surface area (Å²) in [6.07, 6.45) is 0.128. The van der Waals surface area contributed by atoms with Gasteiger partial charge in [0.25, 0.3) is 0 Å². The molecule has 1 heterocycles. The van der Waals surface area contributed by atoms with E-state index in [1.807, 2.05) is 36.4 Å². The van der Waals surface area contributed by atoms with E-state index >= 15 is 0 Å². The van der Waals surface area contributed by atoms with Crippen LogP contribution < -0.4 is 0 Å². The van der Waals surface area contributed by atoms with Crippen LogP contribution in [0.25, 0.3) is 0 Å². The third-order valence-electron chi connectivity index (χ3n) is 3.92. The van der Waals surface area contributed by atoms with Crippen LogP contribution >= 0.6 is 7.37 Å². The van der Waals surface area contributed by atoms with Crippen LogP contribution in [0.15, 0.2) is 65.7 Å². The third-order valence-corrected chi connectivity index (χ3v) is 6.12. The minimum atomic E-state index is -3.88. The maximum absolute atomic E-state index is 13.1.